The lowest BCUT2D eigenvalue weighted by molar-refractivity contribution is 0.266. The predicted molar refractivity (Wildman–Crippen MR) is 104 cm³/mol. The van der Waals surface area contributed by atoms with Gasteiger partial charge >= 0.3 is 0 Å². The van der Waals surface area contributed by atoms with E-state index < -0.39 is 0 Å². The highest BCUT2D eigenvalue weighted by Crippen LogP contribution is 2.46. The van der Waals surface area contributed by atoms with Crippen molar-refractivity contribution >= 4 is 29.9 Å². The molecule has 1 N–H and O–H groups in total. The van der Waals surface area contributed by atoms with Crippen LogP contribution in [0.1, 0.15) is 37.7 Å². The fourth-order valence-electron chi connectivity index (χ4n) is 3.52. The number of benzene rings is 1. The Labute approximate surface area is 151 Å². The Hall–Kier alpha value is -0.780. The van der Waals surface area contributed by atoms with E-state index in [1.54, 1.807) is 0 Å². The number of guanidine groups is 1. The number of hydrogen-bond donors (Lipinski definition) is 1. The molecule has 4 heteroatoms. The Balaban J connectivity index is 0.00000176. The molecule has 1 saturated heterocycles. The van der Waals surface area contributed by atoms with Gasteiger partial charge < -0.3 is 10.2 Å². The number of nitrogens with zero attached hydrogens (tertiary/aromatic N) is 2. The van der Waals surface area contributed by atoms with E-state index in [9.17, 15) is 0 Å². The maximum atomic E-state index is 4.48. The molecule has 2 aliphatic rings. The quantitative estimate of drug-likeness (QED) is 0.465. The van der Waals surface area contributed by atoms with E-state index >= 15 is 0 Å². The number of hydrogen-bond acceptors (Lipinski definition) is 1. The molecule has 0 spiro atoms. The Bertz CT molecular complexity index is 488. The molecule has 1 aliphatic heterocycles. The summed E-state index contributed by atoms with van der Waals surface area (Å²) in [6.07, 6.45) is 3.95. The average molecular weight is 413 g/mol. The van der Waals surface area contributed by atoms with Crippen LogP contribution in [-0.2, 0) is 0 Å². The standard InChI is InChI=1S/C18H27N3.HI/c1-14-7-6-10-21(13-14)18(19-2)20-12-16-11-17(16)15-8-4-3-5-9-15;/h3-5,8-9,14,16-17H,6-7,10-13H2,1-2H3,(H,19,20);1H. The van der Waals surface area contributed by atoms with Crippen molar-refractivity contribution in [1.29, 1.82) is 0 Å². The number of piperidine rings is 1. The first-order valence-electron chi connectivity index (χ1n) is 8.28. The summed E-state index contributed by atoms with van der Waals surface area (Å²) >= 11 is 0. The molecule has 1 aromatic carbocycles. The third kappa shape index (κ3) is 4.37. The summed E-state index contributed by atoms with van der Waals surface area (Å²) in [5.74, 6) is 3.40. The van der Waals surface area contributed by atoms with E-state index in [1.807, 2.05) is 7.05 Å². The molecule has 1 aliphatic carbocycles. The van der Waals surface area contributed by atoms with Crippen LogP contribution in [0.5, 0.6) is 0 Å². The first-order valence-corrected chi connectivity index (χ1v) is 8.28. The van der Waals surface area contributed by atoms with Crippen molar-refractivity contribution in [2.75, 3.05) is 26.7 Å². The lowest BCUT2D eigenvalue weighted by atomic mass is 10.0. The zero-order valence-electron chi connectivity index (χ0n) is 13.7. The Morgan fingerprint density at radius 3 is 2.77 bits per heavy atom. The van der Waals surface area contributed by atoms with Gasteiger partial charge in [0.2, 0.25) is 0 Å². The fraction of sp³-hybridized carbons (Fsp3) is 0.611. The SMILES string of the molecule is CN=C(NCC1CC1c1ccccc1)N1CCCC(C)C1.I. The highest BCUT2D eigenvalue weighted by atomic mass is 127. The van der Waals surface area contributed by atoms with Crippen LogP contribution in [0.2, 0.25) is 0 Å². The van der Waals surface area contributed by atoms with Crippen LogP contribution < -0.4 is 5.32 Å². The van der Waals surface area contributed by atoms with Crippen LogP contribution >= 0.6 is 24.0 Å². The second kappa shape index (κ2) is 8.18. The summed E-state index contributed by atoms with van der Waals surface area (Å²) in [7, 11) is 1.91. The van der Waals surface area contributed by atoms with E-state index in [-0.39, 0.29) is 24.0 Å². The van der Waals surface area contributed by atoms with Crippen molar-refractivity contribution in [1.82, 2.24) is 10.2 Å². The van der Waals surface area contributed by atoms with E-state index in [4.69, 9.17) is 0 Å². The molecule has 1 heterocycles. The molecule has 1 saturated carbocycles. The number of halogens is 1. The third-order valence-corrected chi connectivity index (χ3v) is 4.84. The molecule has 1 aromatic rings. The number of likely N-dealkylation sites (tertiary alicyclic amines) is 1. The van der Waals surface area contributed by atoms with Crippen LogP contribution in [0.3, 0.4) is 0 Å². The van der Waals surface area contributed by atoms with Gasteiger partial charge in [0.1, 0.15) is 0 Å². The molecule has 22 heavy (non-hydrogen) atoms. The largest absolute Gasteiger partial charge is 0.356 e. The molecule has 3 nitrogen and oxygen atoms in total. The summed E-state index contributed by atoms with van der Waals surface area (Å²) < 4.78 is 0. The average Bonchev–Trinajstić information content (AvgIpc) is 3.29. The summed E-state index contributed by atoms with van der Waals surface area (Å²) in [5.41, 5.74) is 1.49. The summed E-state index contributed by atoms with van der Waals surface area (Å²) in [6, 6.07) is 10.9. The van der Waals surface area contributed by atoms with Gasteiger partial charge in [-0.1, -0.05) is 37.3 Å². The zero-order valence-corrected chi connectivity index (χ0v) is 16.0. The van der Waals surface area contributed by atoms with Gasteiger partial charge in [-0.15, -0.1) is 24.0 Å². The molecule has 0 radical (unpaired) electrons. The van der Waals surface area contributed by atoms with Crippen LogP contribution in [0.25, 0.3) is 0 Å². The Morgan fingerprint density at radius 2 is 2.09 bits per heavy atom. The fourth-order valence-corrected chi connectivity index (χ4v) is 3.52. The van der Waals surface area contributed by atoms with Gasteiger partial charge in [0.15, 0.2) is 5.96 Å². The zero-order chi connectivity index (χ0) is 14.7. The molecule has 0 amide bonds. The third-order valence-electron chi connectivity index (χ3n) is 4.84. The van der Waals surface area contributed by atoms with Crippen LogP contribution in [0.15, 0.2) is 35.3 Å². The minimum absolute atomic E-state index is 0. The minimum Gasteiger partial charge on any atom is -0.356 e. The number of aliphatic imine (C=N–C) groups is 1. The lowest BCUT2D eigenvalue weighted by Crippen LogP contribution is -2.46. The summed E-state index contributed by atoms with van der Waals surface area (Å²) in [6.45, 7) is 5.69. The lowest BCUT2D eigenvalue weighted by Gasteiger charge is -2.33. The number of rotatable bonds is 3. The molecule has 3 atom stereocenters. The topological polar surface area (TPSA) is 27.6 Å². The first kappa shape index (κ1) is 17.6. The smallest absolute Gasteiger partial charge is 0.193 e. The van der Waals surface area contributed by atoms with Crippen molar-refractivity contribution in [2.24, 2.45) is 16.8 Å². The first-order chi connectivity index (χ1) is 10.3. The van der Waals surface area contributed by atoms with E-state index in [0.717, 1.165) is 43.3 Å². The van der Waals surface area contributed by atoms with Crippen molar-refractivity contribution in [3.63, 3.8) is 0 Å². The van der Waals surface area contributed by atoms with Crippen LogP contribution in [0, 0.1) is 11.8 Å². The van der Waals surface area contributed by atoms with Gasteiger partial charge in [0.05, 0.1) is 0 Å². The monoisotopic (exact) mass is 413 g/mol. The summed E-state index contributed by atoms with van der Waals surface area (Å²) in [5, 5.41) is 3.60. The van der Waals surface area contributed by atoms with Gasteiger partial charge in [-0.2, -0.15) is 0 Å². The van der Waals surface area contributed by atoms with Gasteiger partial charge in [-0.25, -0.2) is 0 Å². The van der Waals surface area contributed by atoms with E-state index in [1.165, 1.54) is 24.8 Å². The molecule has 0 aromatic heterocycles. The second-order valence-electron chi connectivity index (χ2n) is 6.63. The molecular formula is C18H28IN3. The molecule has 0 bridgehead atoms. The Morgan fingerprint density at radius 1 is 1.32 bits per heavy atom. The van der Waals surface area contributed by atoms with Crippen molar-refractivity contribution < 1.29 is 0 Å². The second-order valence-corrected chi connectivity index (χ2v) is 6.63. The predicted octanol–water partition coefficient (Wildman–Crippen LogP) is 3.72. The van der Waals surface area contributed by atoms with Crippen LogP contribution in [-0.4, -0.2) is 37.5 Å². The molecule has 2 fully saturated rings. The molecule has 122 valence electrons. The van der Waals surface area contributed by atoms with E-state index in [0.29, 0.717) is 0 Å². The summed E-state index contributed by atoms with van der Waals surface area (Å²) in [4.78, 5) is 6.90. The van der Waals surface area contributed by atoms with Gasteiger partial charge in [-0.05, 0) is 42.6 Å². The highest BCUT2D eigenvalue weighted by molar-refractivity contribution is 14.0. The van der Waals surface area contributed by atoms with Gasteiger partial charge in [-0.3, -0.25) is 4.99 Å². The number of nitrogens with one attached hydrogen (secondary N) is 1. The van der Waals surface area contributed by atoms with Crippen molar-refractivity contribution in [3.8, 4) is 0 Å². The van der Waals surface area contributed by atoms with Crippen LogP contribution in [0.4, 0.5) is 0 Å². The molecule has 3 unspecified atom stereocenters. The minimum atomic E-state index is 0. The van der Waals surface area contributed by atoms with E-state index in [2.05, 4.69) is 52.5 Å². The molecule has 3 rings (SSSR count). The Kier molecular flexibility index (Phi) is 6.53. The highest BCUT2D eigenvalue weighted by Gasteiger charge is 2.38. The molecular weight excluding hydrogens is 385 g/mol. The van der Waals surface area contributed by atoms with Crippen molar-refractivity contribution in [3.05, 3.63) is 35.9 Å². The van der Waals surface area contributed by atoms with Gasteiger partial charge in [0.25, 0.3) is 0 Å². The normalized spacial score (nSPS) is 28.0. The van der Waals surface area contributed by atoms with Crippen molar-refractivity contribution in [2.45, 2.75) is 32.1 Å². The van der Waals surface area contributed by atoms with Gasteiger partial charge in [0, 0.05) is 26.7 Å². The maximum Gasteiger partial charge on any atom is 0.193 e. The maximum absolute atomic E-state index is 4.48.